The van der Waals surface area contributed by atoms with Gasteiger partial charge in [0.1, 0.15) is 11.8 Å². The van der Waals surface area contributed by atoms with Gasteiger partial charge < -0.3 is 4.74 Å². The molecule has 152 valence electrons. The molecule has 7 nitrogen and oxygen atoms in total. The van der Waals surface area contributed by atoms with Crippen molar-refractivity contribution < 1.29 is 14.3 Å². The van der Waals surface area contributed by atoms with Crippen LogP contribution >= 0.6 is 0 Å². The number of carbonyl (C=O) groups is 2. The first-order valence-corrected chi connectivity index (χ1v) is 9.45. The van der Waals surface area contributed by atoms with Gasteiger partial charge in [-0.2, -0.15) is 21.0 Å². The van der Waals surface area contributed by atoms with Crippen molar-refractivity contribution in [1.29, 1.82) is 21.0 Å². The van der Waals surface area contributed by atoms with E-state index in [0.717, 1.165) is 5.56 Å². The Morgan fingerprint density at radius 3 is 1.58 bits per heavy atom. The molecule has 0 spiro atoms. The molecule has 0 aliphatic rings. The Morgan fingerprint density at radius 2 is 1.19 bits per heavy atom. The Hall–Kier alpha value is -4.46. The van der Waals surface area contributed by atoms with E-state index in [4.69, 9.17) is 10.00 Å². The first kappa shape index (κ1) is 22.8. The molecule has 0 bridgehead atoms. The number of benzene rings is 2. The number of esters is 1. The third kappa shape index (κ3) is 5.33. The van der Waals surface area contributed by atoms with Gasteiger partial charge in [0.25, 0.3) is 0 Å². The lowest BCUT2D eigenvalue weighted by Crippen LogP contribution is -2.19. The van der Waals surface area contributed by atoms with Crippen LogP contribution in [0.1, 0.15) is 46.9 Å². The van der Waals surface area contributed by atoms with Crippen LogP contribution in [0.4, 0.5) is 0 Å². The summed E-state index contributed by atoms with van der Waals surface area (Å²) in [5.74, 6) is -4.69. The van der Waals surface area contributed by atoms with Crippen molar-refractivity contribution in [2.75, 3.05) is 6.61 Å². The molecule has 2 aromatic rings. The zero-order valence-corrected chi connectivity index (χ0v) is 16.8. The van der Waals surface area contributed by atoms with E-state index in [1.807, 2.05) is 24.3 Å². The van der Waals surface area contributed by atoms with E-state index >= 15 is 0 Å². The predicted molar refractivity (Wildman–Crippen MR) is 109 cm³/mol. The third-order valence-corrected chi connectivity index (χ3v) is 4.68. The number of ether oxygens (including phenoxy) is 1. The number of nitrogens with zero attached hydrogens (tertiary/aromatic N) is 4. The highest BCUT2D eigenvalue weighted by Crippen LogP contribution is 2.28. The molecule has 0 radical (unpaired) electrons. The van der Waals surface area contributed by atoms with E-state index in [2.05, 4.69) is 0 Å². The number of hydrogen-bond donors (Lipinski definition) is 0. The topological polar surface area (TPSA) is 139 Å². The van der Waals surface area contributed by atoms with E-state index in [9.17, 15) is 25.4 Å². The van der Waals surface area contributed by atoms with Gasteiger partial charge in [0.05, 0.1) is 37.3 Å². The van der Waals surface area contributed by atoms with Crippen LogP contribution in [0.25, 0.3) is 0 Å². The molecule has 0 amide bonds. The van der Waals surface area contributed by atoms with Gasteiger partial charge in [-0.3, -0.25) is 9.59 Å². The summed E-state index contributed by atoms with van der Waals surface area (Å²) in [4.78, 5) is 24.9. The Bertz CT molecular complexity index is 1110. The fourth-order valence-corrected chi connectivity index (χ4v) is 3.06. The summed E-state index contributed by atoms with van der Waals surface area (Å²) >= 11 is 0. The van der Waals surface area contributed by atoms with Gasteiger partial charge in [0.15, 0.2) is 11.7 Å². The first-order chi connectivity index (χ1) is 15.0. The lowest BCUT2D eigenvalue weighted by Gasteiger charge is -2.15. The van der Waals surface area contributed by atoms with Crippen LogP contribution in [-0.2, 0) is 20.7 Å². The lowest BCUT2D eigenvalue weighted by molar-refractivity contribution is -0.143. The standard InChI is InChI=1S/C24H18N4O3/c1-2-31-24(30)22(15-28)19-9-7-18(8-10-19)21(14-27)23(29)20(13-26)17-5-3-16(4-6-17)11-12-25/h3-10,20-22H,2,11H2,1H3. The highest BCUT2D eigenvalue weighted by Gasteiger charge is 2.30. The first-order valence-electron chi connectivity index (χ1n) is 9.45. The summed E-state index contributed by atoms with van der Waals surface area (Å²) in [5, 5.41) is 37.2. The van der Waals surface area contributed by atoms with E-state index in [1.165, 1.54) is 24.3 Å². The second-order valence-electron chi connectivity index (χ2n) is 6.58. The summed E-state index contributed by atoms with van der Waals surface area (Å²) in [7, 11) is 0. The summed E-state index contributed by atoms with van der Waals surface area (Å²) in [6.07, 6.45) is 0.216. The number of hydrogen-bond acceptors (Lipinski definition) is 7. The van der Waals surface area contributed by atoms with E-state index in [1.54, 1.807) is 31.2 Å². The minimum atomic E-state index is -1.19. The van der Waals surface area contributed by atoms with Gasteiger partial charge in [-0.1, -0.05) is 48.5 Å². The van der Waals surface area contributed by atoms with Gasteiger partial charge in [0, 0.05) is 0 Å². The van der Waals surface area contributed by atoms with E-state index < -0.39 is 29.5 Å². The average molecular weight is 410 g/mol. The lowest BCUT2D eigenvalue weighted by atomic mass is 9.84. The van der Waals surface area contributed by atoms with Crippen molar-refractivity contribution in [2.45, 2.75) is 31.1 Å². The molecule has 3 unspecified atom stereocenters. The number of ketones is 1. The number of nitriles is 4. The molecule has 31 heavy (non-hydrogen) atoms. The fraction of sp³-hybridized carbons (Fsp3) is 0.250. The normalized spacial score (nSPS) is 12.7. The van der Waals surface area contributed by atoms with Gasteiger partial charge in [-0.25, -0.2) is 0 Å². The SMILES string of the molecule is CCOC(=O)C(C#N)c1ccc(C(C#N)C(=O)C(C#N)c2ccc(CC#N)cc2)cc1. The molecule has 0 heterocycles. The third-order valence-electron chi connectivity index (χ3n) is 4.68. The minimum Gasteiger partial charge on any atom is -0.465 e. The second-order valence-corrected chi connectivity index (χ2v) is 6.58. The molecule has 0 saturated carbocycles. The van der Waals surface area contributed by atoms with Crippen molar-refractivity contribution in [3.63, 3.8) is 0 Å². The molecule has 2 aromatic carbocycles. The van der Waals surface area contributed by atoms with Crippen LogP contribution < -0.4 is 0 Å². The highest BCUT2D eigenvalue weighted by molar-refractivity contribution is 5.96. The zero-order valence-electron chi connectivity index (χ0n) is 16.8. The fourth-order valence-electron chi connectivity index (χ4n) is 3.06. The number of rotatable bonds is 8. The van der Waals surface area contributed by atoms with Crippen LogP contribution in [0.3, 0.4) is 0 Å². The maximum atomic E-state index is 13.0. The number of Topliss-reactive ketones (excluding diaryl/α,β-unsaturated/α-hetero) is 1. The smallest absolute Gasteiger partial charge is 0.327 e. The summed E-state index contributed by atoms with van der Waals surface area (Å²) in [6, 6.07) is 20.3. The molecule has 0 aliphatic heterocycles. The van der Waals surface area contributed by atoms with Crippen LogP contribution in [0.5, 0.6) is 0 Å². The molecular weight excluding hydrogens is 392 g/mol. The van der Waals surface area contributed by atoms with Gasteiger partial charge in [-0.05, 0) is 29.2 Å². The Kier molecular flexibility index (Phi) is 8.04. The van der Waals surface area contributed by atoms with Crippen LogP contribution in [0.2, 0.25) is 0 Å². The minimum absolute atomic E-state index is 0.146. The molecule has 2 rings (SSSR count). The van der Waals surface area contributed by atoms with Gasteiger partial charge in [0.2, 0.25) is 0 Å². The maximum Gasteiger partial charge on any atom is 0.327 e. The largest absolute Gasteiger partial charge is 0.465 e. The second kappa shape index (κ2) is 10.9. The van der Waals surface area contributed by atoms with Crippen molar-refractivity contribution in [3.8, 4) is 24.3 Å². The van der Waals surface area contributed by atoms with Crippen molar-refractivity contribution in [3.05, 3.63) is 70.8 Å². The summed E-state index contributed by atoms with van der Waals surface area (Å²) in [6.45, 7) is 1.79. The molecule has 3 atom stereocenters. The highest BCUT2D eigenvalue weighted by atomic mass is 16.5. The van der Waals surface area contributed by atoms with Crippen molar-refractivity contribution >= 4 is 11.8 Å². The van der Waals surface area contributed by atoms with Crippen LogP contribution in [-0.4, -0.2) is 18.4 Å². The molecule has 0 N–H and O–H groups in total. The van der Waals surface area contributed by atoms with Crippen molar-refractivity contribution in [2.24, 2.45) is 0 Å². The molecule has 0 aliphatic carbocycles. The predicted octanol–water partition coefficient (Wildman–Crippen LogP) is 3.41. The Balaban J connectivity index is 2.28. The molecule has 0 aromatic heterocycles. The van der Waals surface area contributed by atoms with Crippen LogP contribution in [0.15, 0.2) is 48.5 Å². The molecule has 7 heteroatoms. The summed E-state index contributed by atoms with van der Waals surface area (Å²) in [5.41, 5.74) is 1.95. The zero-order chi connectivity index (χ0) is 22.8. The van der Waals surface area contributed by atoms with Gasteiger partial charge >= 0.3 is 5.97 Å². The quantitative estimate of drug-likeness (QED) is 0.608. The van der Waals surface area contributed by atoms with Crippen LogP contribution in [0, 0.1) is 45.3 Å². The monoisotopic (exact) mass is 410 g/mol. The van der Waals surface area contributed by atoms with Crippen molar-refractivity contribution in [1.82, 2.24) is 0 Å². The molecule has 0 fully saturated rings. The van der Waals surface area contributed by atoms with E-state index in [0.29, 0.717) is 16.7 Å². The Labute approximate surface area is 180 Å². The Morgan fingerprint density at radius 1 is 0.774 bits per heavy atom. The number of carbonyl (C=O) groups excluding carboxylic acids is 2. The van der Waals surface area contributed by atoms with E-state index in [-0.39, 0.29) is 13.0 Å². The maximum absolute atomic E-state index is 13.0. The molecule has 0 saturated heterocycles. The average Bonchev–Trinajstić information content (AvgIpc) is 2.78. The molecular formula is C24H18N4O3. The summed E-state index contributed by atoms with van der Waals surface area (Å²) < 4.78 is 4.88. The van der Waals surface area contributed by atoms with Gasteiger partial charge in [-0.15, -0.1) is 0 Å².